The van der Waals surface area contributed by atoms with E-state index in [9.17, 15) is 0 Å². The van der Waals surface area contributed by atoms with Crippen LogP contribution in [0.3, 0.4) is 0 Å². The van der Waals surface area contributed by atoms with Gasteiger partial charge >= 0.3 is 0 Å². The molecule has 1 N–H and O–H groups in total. The van der Waals surface area contributed by atoms with E-state index in [2.05, 4.69) is 47.3 Å². The van der Waals surface area contributed by atoms with Gasteiger partial charge in [-0.05, 0) is 32.4 Å². The maximum absolute atomic E-state index is 4.55. The van der Waals surface area contributed by atoms with E-state index in [0.29, 0.717) is 0 Å². The second kappa shape index (κ2) is 7.19. The van der Waals surface area contributed by atoms with Gasteiger partial charge in [-0.25, -0.2) is 9.67 Å². The summed E-state index contributed by atoms with van der Waals surface area (Å²) in [7, 11) is 0. The van der Waals surface area contributed by atoms with Crippen LogP contribution in [-0.2, 0) is 26.1 Å². The molecule has 0 saturated carbocycles. The number of nitrogens with zero attached hydrogens (tertiary/aromatic N) is 5. The molecule has 0 aliphatic heterocycles. The molecule has 110 valence electrons. The third-order valence-electron chi connectivity index (χ3n) is 3.19. The molecule has 2 rings (SSSR count). The zero-order valence-electron chi connectivity index (χ0n) is 12.6. The molecule has 0 aromatic carbocycles. The lowest BCUT2D eigenvalue weighted by Gasteiger charge is -2.04. The maximum Gasteiger partial charge on any atom is 0.164 e. The Balaban J connectivity index is 2.00. The molecule has 0 aliphatic rings. The second-order valence-corrected chi connectivity index (χ2v) is 4.83. The van der Waals surface area contributed by atoms with Crippen molar-refractivity contribution in [3.05, 3.63) is 29.6 Å². The quantitative estimate of drug-likeness (QED) is 0.744. The van der Waals surface area contributed by atoms with Gasteiger partial charge in [0.25, 0.3) is 0 Å². The van der Waals surface area contributed by atoms with Gasteiger partial charge in [0.15, 0.2) is 5.82 Å². The Morgan fingerprint density at radius 1 is 1.20 bits per heavy atom. The van der Waals surface area contributed by atoms with E-state index in [0.717, 1.165) is 50.5 Å². The van der Waals surface area contributed by atoms with Gasteiger partial charge in [-0.1, -0.05) is 13.8 Å². The lowest BCUT2D eigenvalue weighted by Crippen LogP contribution is -2.15. The standard InChI is InChI=1S/C14H24N6/c1-4-7-15-9-14-16-11-19(18-14)10-13-8-12(5-2)17-20(13)6-3/h8,11,15H,4-7,9-10H2,1-3H3. The van der Waals surface area contributed by atoms with Gasteiger partial charge < -0.3 is 5.32 Å². The van der Waals surface area contributed by atoms with Gasteiger partial charge in [-0.15, -0.1) is 0 Å². The summed E-state index contributed by atoms with van der Waals surface area (Å²) >= 11 is 0. The zero-order chi connectivity index (χ0) is 14.4. The molecule has 20 heavy (non-hydrogen) atoms. The van der Waals surface area contributed by atoms with E-state index >= 15 is 0 Å². The second-order valence-electron chi connectivity index (χ2n) is 4.83. The molecule has 6 nitrogen and oxygen atoms in total. The first-order chi connectivity index (χ1) is 9.76. The van der Waals surface area contributed by atoms with Crippen LogP contribution >= 0.6 is 0 Å². The van der Waals surface area contributed by atoms with Crippen LogP contribution in [0.4, 0.5) is 0 Å². The first kappa shape index (κ1) is 14.7. The Morgan fingerprint density at radius 2 is 2.05 bits per heavy atom. The molecule has 0 atom stereocenters. The molecular formula is C14H24N6. The van der Waals surface area contributed by atoms with Crippen LogP contribution in [0.5, 0.6) is 0 Å². The number of hydrogen-bond acceptors (Lipinski definition) is 4. The molecule has 0 aliphatic carbocycles. The Morgan fingerprint density at radius 3 is 2.75 bits per heavy atom. The summed E-state index contributed by atoms with van der Waals surface area (Å²) in [5, 5.41) is 12.4. The lowest BCUT2D eigenvalue weighted by atomic mass is 10.3. The van der Waals surface area contributed by atoms with Crippen molar-refractivity contribution in [2.24, 2.45) is 0 Å². The van der Waals surface area contributed by atoms with Crippen LogP contribution in [0.2, 0.25) is 0 Å². The van der Waals surface area contributed by atoms with Gasteiger partial charge in [0.05, 0.1) is 24.5 Å². The highest BCUT2D eigenvalue weighted by molar-refractivity contribution is 5.10. The minimum Gasteiger partial charge on any atom is -0.310 e. The van der Waals surface area contributed by atoms with Crippen LogP contribution in [0.25, 0.3) is 0 Å². The van der Waals surface area contributed by atoms with Gasteiger partial charge in [0.2, 0.25) is 0 Å². The Kier molecular flexibility index (Phi) is 5.29. The number of rotatable bonds is 8. The fourth-order valence-electron chi connectivity index (χ4n) is 2.12. The fraction of sp³-hybridized carbons (Fsp3) is 0.643. The molecule has 0 amide bonds. The molecular weight excluding hydrogens is 252 g/mol. The van der Waals surface area contributed by atoms with Crippen LogP contribution < -0.4 is 5.32 Å². The average molecular weight is 276 g/mol. The largest absolute Gasteiger partial charge is 0.310 e. The van der Waals surface area contributed by atoms with E-state index in [1.165, 1.54) is 5.69 Å². The van der Waals surface area contributed by atoms with Gasteiger partial charge in [0, 0.05) is 6.54 Å². The fourth-order valence-corrected chi connectivity index (χ4v) is 2.12. The van der Waals surface area contributed by atoms with Gasteiger partial charge in [0.1, 0.15) is 6.33 Å². The third-order valence-corrected chi connectivity index (χ3v) is 3.19. The third kappa shape index (κ3) is 3.66. The van der Waals surface area contributed by atoms with E-state index in [-0.39, 0.29) is 0 Å². The van der Waals surface area contributed by atoms with Crippen molar-refractivity contribution in [3.63, 3.8) is 0 Å². The summed E-state index contributed by atoms with van der Waals surface area (Å²) in [6.45, 7) is 9.72. The van der Waals surface area contributed by atoms with Crippen molar-refractivity contribution >= 4 is 0 Å². The molecule has 0 fully saturated rings. The van der Waals surface area contributed by atoms with E-state index < -0.39 is 0 Å². The molecule has 0 saturated heterocycles. The molecule has 2 heterocycles. The summed E-state index contributed by atoms with van der Waals surface area (Å²) in [5.41, 5.74) is 2.31. The molecule has 0 spiro atoms. The van der Waals surface area contributed by atoms with E-state index in [1.54, 1.807) is 6.33 Å². The van der Waals surface area contributed by atoms with Gasteiger partial charge in [-0.3, -0.25) is 4.68 Å². The van der Waals surface area contributed by atoms with Crippen LogP contribution in [0.15, 0.2) is 12.4 Å². The van der Waals surface area contributed by atoms with Crippen LogP contribution in [0, 0.1) is 0 Å². The Hall–Kier alpha value is -1.69. The topological polar surface area (TPSA) is 60.6 Å². The number of hydrogen-bond donors (Lipinski definition) is 1. The summed E-state index contributed by atoms with van der Waals surface area (Å²) in [5.74, 6) is 0.844. The SMILES string of the molecule is CCCNCc1ncn(Cc2cc(CC)nn2CC)n1. The highest BCUT2D eigenvalue weighted by atomic mass is 15.4. The minimum atomic E-state index is 0.724. The normalized spacial score (nSPS) is 11.2. The molecule has 0 bridgehead atoms. The minimum absolute atomic E-state index is 0.724. The van der Waals surface area contributed by atoms with Crippen LogP contribution in [-0.4, -0.2) is 31.1 Å². The predicted molar refractivity (Wildman–Crippen MR) is 78.4 cm³/mol. The Labute approximate surface area is 120 Å². The monoisotopic (exact) mass is 276 g/mol. The van der Waals surface area contributed by atoms with Crippen molar-refractivity contribution in [1.82, 2.24) is 29.9 Å². The summed E-state index contributed by atoms with van der Waals surface area (Å²) < 4.78 is 3.92. The first-order valence-electron chi connectivity index (χ1n) is 7.41. The van der Waals surface area contributed by atoms with Gasteiger partial charge in [-0.2, -0.15) is 10.2 Å². The van der Waals surface area contributed by atoms with Crippen molar-refractivity contribution < 1.29 is 0 Å². The Bertz CT molecular complexity index is 528. The summed E-state index contributed by atoms with van der Waals surface area (Å²) in [6.07, 6.45) is 3.88. The highest BCUT2D eigenvalue weighted by Crippen LogP contribution is 2.07. The number of aryl methyl sites for hydroxylation is 2. The smallest absolute Gasteiger partial charge is 0.164 e. The summed E-state index contributed by atoms with van der Waals surface area (Å²) in [6, 6.07) is 2.15. The number of nitrogens with one attached hydrogen (secondary N) is 1. The highest BCUT2D eigenvalue weighted by Gasteiger charge is 2.08. The zero-order valence-corrected chi connectivity index (χ0v) is 12.6. The lowest BCUT2D eigenvalue weighted by molar-refractivity contribution is 0.566. The van der Waals surface area contributed by atoms with Crippen molar-refractivity contribution in [2.75, 3.05) is 6.54 Å². The average Bonchev–Trinajstić information content (AvgIpc) is 3.06. The molecule has 6 heteroatoms. The van der Waals surface area contributed by atoms with E-state index in [4.69, 9.17) is 0 Å². The molecule has 0 unspecified atom stereocenters. The van der Waals surface area contributed by atoms with E-state index in [1.807, 2.05) is 9.36 Å². The van der Waals surface area contributed by atoms with Crippen LogP contribution in [0.1, 0.15) is 44.4 Å². The van der Waals surface area contributed by atoms with Crippen molar-refractivity contribution in [2.45, 2.75) is 53.2 Å². The molecule has 2 aromatic rings. The molecule has 0 radical (unpaired) electrons. The number of aromatic nitrogens is 5. The summed E-state index contributed by atoms with van der Waals surface area (Å²) in [4.78, 5) is 4.33. The molecule has 2 aromatic heterocycles. The van der Waals surface area contributed by atoms with Crippen molar-refractivity contribution in [3.8, 4) is 0 Å². The predicted octanol–water partition coefficient (Wildman–Crippen LogP) is 1.60. The van der Waals surface area contributed by atoms with Crippen molar-refractivity contribution in [1.29, 1.82) is 0 Å². The maximum atomic E-state index is 4.55. The first-order valence-corrected chi connectivity index (χ1v) is 7.41.